The summed E-state index contributed by atoms with van der Waals surface area (Å²) in [5.74, 6) is 0.150. The first-order chi connectivity index (χ1) is 12.4. The number of halogens is 1. The lowest BCUT2D eigenvalue weighted by molar-refractivity contribution is -0.121. The first-order valence-corrected chi connectivity index (χ1v) is 8.98. The van der Waals surface area contributed by atoms with Gasteiger partial charge < -0.3 is 14.8 Å². The topological polar surface area (TPSA) is 47.6 Å². The van der Waals surface area contributed by atoms with Crippen LogP contribution in [-0.2, 0) is 10.2 Å². The van der Waals surface area contributed by atoms with Gasteiger partial charge in [-0.2, -0.15) is 0 Å². The van der Waals surface area contributed by atoms with Gasteiger partial charge in [-0.15, -0.1) is 0 Å². The highest BCUT2D eigenvalue weighted by molar-refractivity contribution is 5.99. The highest BCUT2D eigenvalue weighted by Crippen LogP contribution is 2.44. The van der Waals surface area contributed by atoms with Crippen molar-refractivity contribution in [1.29, 1.82) is 0 Å². The van der Waals surface area contributed by atoms with E-state index in [1.807, 2.05) is 19.9 Å². The molecule has 2 aromatic carbocycles. The molecule has 1 saturated carbocycles. The van der Waals surface area contributed by atoms with Gasteiger partial charge in [-0.25, -0.2) is 4.39 Å². The Morgan fingerprint density at radius 3 is 2.50 bits per heavy atom. The number of nitrogens with one attached hydrogen (secondary N) is 1. The van der Waals surface area contributed by atoms with E-state index in [4.69, 9.17) is 9.47 Å². The minimum absolute atomic E-state index is 0.0984. The zero-order valence-corrected chi connectivity index (χ0v) is 15.0. The second-order valence-electron chi connectivity index (χ2n) is 7.52. The highest BCUT2D eigenvalue weighted by Gasteiger charge is 2.43. The van der Waals surface area contributed by atoms with Gasteiger partial charge in [-0.1, -0.05) is 25.0 Å². The maximum absolute atomic E-state index is 13.7. The number of benzene rings is 2. The summed E-state index contributed by atoms with van der Waals surface area (Å²) in [6, 6.07) is 11.8. The van der Waals surface area contributed by atoms with Crippen molar-refractivity contribution in [3.8, 4) is 11.5 Å². The Kier molecular flexibility index (Phi) is 3.90. The minimum Gasteiger partial charge on any atom is -0.449 e. The average molecular weight is 355 g/mol. The quantitative estimate of drug-likeness (QED) is 0.862. The molecule has 1 aliphatic carbocycles. The second-order valence-corrected chi connectivity index (χ2v) is 7.52. The largest absolute Gasteiger partial charge is 0.449 e. The smallest absolute Gasteiger partial charge is 0.246 e. The molecule has 0 bridgehead atoms. The van der Waals surface area contributed by atoms with Crippen LogP contribution in [0.2, 0.25) is 0 Å². The molecule has 0 aromatic heterocycles. The number of carbonyl (C=O) groups excluding carboxylic acids is 1. The molecule has 0 unspecified atom stereocenters. The predicted molar refractivity (Wildman–Crippen MR) is 97.0 cm³/mol. The van der Waals surface area contributed by atoms with E-state index in [-0.39, 0.29) is 11.7 Å². The van der Waals surface area contributed by atoms with Crippen LogP contribution in [0, 0.1) is 5.82 Å². The van der Waals surface area contributed by atoms with E-state index in [0.29, 0.717) is 17.2 Å². The van der Waals surface area contributed by atoms with Gasteiger partial charge in [0.05, 0.1) is 5.41 Å². The molecule has 26 heavy (non-hydrogen) atoms. The van der Waals surface area contributed by atoms with Crippen LogP contribution < -0.4 is 14.8 Å². The van der Waals surface area contributed by atoms with E-state index in [0.717, 1.165) is 31.2 Å². The lowest BCUT2D eigenvalue weighted by Crippen LogP contribution is -2.38. The first-order valence-electron chi connectivity index (χ1n) is 8.98. The number of fused-ring (bicyclic) bond motifs is 1. The molecule has 0 atom stereocenters. The molecule has 4 nitrogen and oxygen atoms in total. The summed E-state index contributed by atoms with van der Waals surface area (Å²) in [4.78, 5) is 13.2. The highest BCUT2D eigenvalue weighted by atomic mass is 19.1. The van der Waals surface area contributed by atoms with E-state index in [9.17, 15) is 9.18 Å². The van der Waals surface area contributed by atoms with E-state index in [1.54, 1.807) is 24.3 Å². The van der Waals surface area contributed by atoms with Crippen LogP contribution in [0.3, 0.4) is 0 Å². The maximum Gasteiger partial charge on any atom is 0.246 e. The molecule has 1 fully saturated rings. The molecule has 1 heterocycles. The number of anilines is 1. The van der Waals surface area contributed by atoms with E-state index < -0.39 is 11.2 Å². The monoisotopic (exact) mass is 355 g/mol. The molecular weight excluding hydrogens is 333 g/mol. The van der Waals surface area contributed by atoms with Crippen LogP contribution in [0.5, 0.6) is 11.5 Å². The van der Waals surface area contributed by atoms with Crippen molar-refractivity contribution in [1.82, 2.24) is 0 Å². The van der Waals surface area contributed by atoms with Crippen LogP contribution in [0.25, 0.3) is 0 Å². The molecule has 1 N–H and O–H groups in total. The average Bonchev–Trinajstić information content (AvgIpc) is 3.18. The van der Waals surface area contributed by atoms with Crippen LogP contribution in [0.1, 0.15) is 45.1 Å². The van der Waals surface area contributed by atoms with Crippen molar-refractivity contribution in [2.45, 2.75) is 50.7 Å². The van der Waals surface area contributed by atoms with Crippen LogP contribution >= 0.6 is 0 Å². The van der Waals surface area contributed by atoms with Crippen LogP contribution in [-0.4, -0.2) is 11.7 Å². The van der Waals surface area contributed by atoms with Gasteiger partial charge in [0.2, 0.25) is 11.7 Å². The number of ether oxygens (including phenoxy) is 2. The number of hydrogen-bond donors (Lipinski definition) is 1. The molecule has 1 amide bonds. The van der Waals surface area contributed by atoms with E-state index in [1.165, 1.54) is 12.1 Å². The SMILES string of the molecule is CC1(C)Oc2ccc(NC(=O)C3(c4cccc(F)c4)CCCC3)cc2O1. The third kappa shape index (κ3) is 2.91. The van der Waals surface area contributed by atoms with Gasteiger partial charge in [0.15, 0.2) is 11.5 Å². The van der Waals surface area contributed by atoms with Crippen LogP contribution in [0.4, 0.5) is 10.1 Å². The van der Waals surface area contributed by atoms with Gasteiger partial charge in [0.25, 0.3) is 0 Å². The Bertz CT molecular complexity index is 856. The number of carbonyl (C=O) groups is 1. The van der Waals surface area contributed by atoms with E-state index in [2.05, 4.69) is 5.32 Å². The standard InChI is InChI=1S/C21H22FNO3/c1-20(2)25-17-9-8-16(13-18(17)26-20)23-19(24)21(10-3-4-11-21)14-6-5-7-15(22)12-14/h5-9,12-13H,3-4,10-11H2,1-2H3,(H,23,24). The minimum atomic E-state index is -0.709. The number of hydrogen-bond acceptors (Lipinski definition) is 3. The zero-order valence-electron chi connectivity index (χ0n) is 15.0. The summed E-state index contributed by atoms with van der Waals surface area (Å²) >= 11 is 0. The first kappa shape index (κ1) is 16.9. The Hall–Kier alpha value is -2.56. The summed E-state index contributed by atoms with van der Waals surface area (Å²) in [5, 5.41) is 3.00. The Morgan fingerprint density at radius 1 is 1.04 bits per heavy atom. The number of rotatable bonds is 3. The van der Waals surface area contributed by atoms with Gasteiger partial charge in [0, 0.05) is 25.6 Å². The molecule has 5 heteroatoms. The Labute approximate surface area is 152 Å². The molecule has 0 saturated heterocycles. The molecule has 1 aliphatic heterocycles. The normalized spacial score (nSPS) is 19.3. The van der Waals surface area contributed by atoms with Gasteiger partial charge >= 0.3 is 0 Å². The van der Waals surface area contributed by atoms with Gasteiger partial charge in [-0.05, 0) is 42.7 Å². The lowest BCUT2D eigenvalue weighted by atomic mass is 9.78. The van der Waals surface area contributed by atoms with Crippen molar-refractivity contribution >= 4 is 11.6 Å². The molecule has 4 rings (SSSR count). The summed E-state index contributed by atoms with van der Waals surface area (Å²) in [6.07, 6.45) is 3.36. The molecule has 0 radical (unpaired) electrons. The second kappa shape index (κ2) is 6.01. The fraction of sp³-hybridized carbons (Fsp3) is 0.381. The Morgan fingerprint density at radius 2 is 1.77 bits per heavy atom. The van der Waals surface area contributed by atoms with E-state index >= 15 is 0 Å². The maximum atomic E-state index is 13.7. The molecular formula is C21H22FNO3. The molecule has 0 spiro atoms. The van der Waals surface area contributed by atoms with Crippen molar-refractivity contribution in [2.24, 2.45) is 0 Å². The van der Waals surface area contributed by atoms with Crippen LogP contribution in [0.15, 0.2) is 42.5 Å². The Balaban J connectivity index is 1.61. The van der Waals surface area contributed by atoms with Crippen molar-refractivity contribution < 1.29 is 18.7 Å². The lowest BCUT2D eigenvalue weighted by Gasteiger charge is -2.28. The fourth-order valence-electron chi connectivity index (χ4n) is 3.96. The molecule has 2 aromatic rings. The molecule has 136 valence electrons. The summed E-state index contributed by atoms with van der Waals surface area (Å²) in [5.41, 5.74) is 0.713. The summed E-state index contributed by atoms with van der Waals surface area (Å²) in [6.45, 7) is 3.67. The van der Waals surface area contributed by atoms with Gasteiger partial charge in [0.1, 0.15) is 5.82 Å². The summed E-state index contributed by atoms with van der Waals surface area (Å²) < 4.78 is 25.2. The third-order valence-corrected chi connectivity index (χ3v) is 5.18. The number of amides is 1. The van der Waals surface area contributed by atoms with Gasteiger partial charge in [-0.3, -0.25) is 4.79 Å². The van der Waals surface area contributed by atoms with Crippen molar-refractivity contribution in [3.05, 3.63) is 53.8 Å². The predicted octanol–water partition coefficient (Wildman–Crippen LogP) is 4.78. The summed E-state index contributed by atoms with van der Waals surface area (Å²) in [7, 11) is 0. The fourth-order valence-corrected chi connectivity index (χ4v) is 3.96. The van der Waals surface area contributed by atoms with Crippen molar-refractivity contribution in [2.75, 3.05) is 5.32 Å². The van der Waals surface area contributed by atoms with Crippen molar-refractivity contribution in [3.63, 3.8) is 0 Å². The third-order valence-electron chi connectivity index (χ3n) is 5.18. The zero-order chi connectivity index (χ0) is 18.4. The molecule has 2 aliphatic rings.